The fourth-order valence-electron chi connectivity index (χ4n) is 3.95. The number of aliphatic carboxylic acids is 1. The van der Waals surface area contributed by atoms with Crippen LogP contribution in [0.2, 0.25) is 0 Å². The lowest BCUT2D eigenvalue weighted by molar-refractivity contribution is -0.147. The molecule has 0 aromatic rings. The van der Waals surface area contributed by atoms with E-state index in [1.165, 1.54) is 0 Å². The molecule has 122 valence electrons. The van der Waals surface area contributed by atoms with Gasteiger partial charge in [0.2, 0.25) is 0 Å². The van der Waals surface area contributed by atoms with Crippen LogP contribution in [0.25, 0.3) is 0 Å². The summed E-state index contributed by atoms with van der Waals surface area (Å²) in [6.45, 7) is 11.6. The Morgan fingerprint density at radius 3 is 2.52 bits per heavy atom. The zero-order valence-corrected chi connectivity index (χ0v) is 13.8. The maximum Gasteiger partial charge on any atom is 0.323 e. The monoisotopic (exact) mass is 297 g/mol. The molecule has 1 saturated carbocycles. The summed E-state index contributed by atoms with van der Waals surface area (Å²) in [4.78, 5) is 16.8. The summed E-state index contributed by atoms with van der Waals surface area (Å²) in [6.07, 6.45) is 3.66. The molecule has 5 heteroatoms. The second-order valence-corrected chi connectivity index (χ2v) is 6.83. The van der Waals surface area contributed by atoms with Gasteiger partial charge in [-0.1, -0.05) is 6.92 Å². The normalized spacial score (nSPS) is 32.5. The third-order valence-electron chi connectivity index (χ3n) is 5.25. The Hall–Kier alpha value is -0.650. The van der Waals surface area contributed by atoms with Gasteiger partial charge in [0.05, 0.1) is 0 Å². The summed E-state index contributed by atoms with van der Waals surface area (Å²) in [6, 6.07) is 1.03. The van der Waals surface area contributed by atoms with Crippen LogP contribution < -0.4 is 5.32 Å². The van der Waals surface area contributed by atoms with Gasteiger partial charge in [-0.25, -0.2) is 0 Å². The van der Waals surface area contributed by atoms with Crippen LogP contribution in [0.1, 0.15) is 46.5 Å². The number of nitrogens with zero attached hydrogens (tertiary/aromatic N) is 2. The van der Waals surface area contributed by atoms with E-state index >= 15 is 0 Å². The minimum Gasteiger partial charge on any atom is -0.480 e. The summed E-state index contributed by atoms with van der Waals surface area (Å²) in [7, 11) is 0. The first-order valence-electron chi connectivity index (χ1n) is 8.45. The molecule has 5 nitrogen and oxygen atoms in total. The lowest BCUT2D eigenvalue weighted by Gasteiger charge is -2.46. The fourth-order valence-corrected chi connectivity index (χ4v) is 3.95. The quantitative estimate of drug-likeness (QED) is 0.803. The largest absolute Gasteiger partial charge is 0.480 e. The summed E-state index contributed by atoms with van der Waals surface area (Å²) in [5.74, 6) is -0.671. The number of carboxylic acids is 1. The van der Waals surface area contributed by atoms with Gasteiger partial charge in [0, 0.05) is 38.3 Å². The number of likely N-dealkylation sites (N-methyl/N-ethyl adjacent to an activating group) is 1. The smallest absolute Gasteiger partial charge is 0.323 e. The van der Waals surface area contributed by atoms with E-state index in [0.717, 1.165) is 58.4 Å². The molecule has 1 aliphatic carbocycles. The highest BCUT2D eigenvalue weighted by atomic mass is 16.4. The van der Waals surface area contributed by atoms with Crippen molar-refractivity contribution in [2.75, 3.05) is 32.7 Å². The summed E-state index contributed by atoms with van der Waals surface area (Å²) in [5, 5.41) is 12.9. The summed E-state index contributed by atoms with van der Waals surface area (Å²) < 4.78 is 0. The van der Waals surface area contributed by atoms with Crippen molar-refractivity contribution in [3.8, 4) is 0 Å². The highest BCUT2D eigenvalue weighted by Crippen LogP contribution is 2.32. The molecular weight excluding hydrogens is 266 g/mol. The average molecular weight is 297 g/mol. The van der Waals surface area contributed by atoms with Gasteiger partial charge in [-0.2, -0.15) is 0 Å². The van der Waals surface area contributed by atoms with E-state index in [2.05, 4.69) is 29.0 Å². The van der Waals surface area contributed by atoms with Crippen molar-refractivity contribution in [2.24, 2.45) is 0 Å². The standard InChI is InChI=1S/C16H31N3O2/c1-4-17-16(15(20)21)7-5-6-14(12-16)19-10-8-18(9-11-19)13(2)3/h13-14,17H,4-12H2,1-3H3,(H,20,21). The van der Waals surface area contributed by atoms with Crippen molar-refractivity contribution in [3.05, 3.63) is 0 Å². The minimum atomic E-state index is -0.702. The molecule has 2 N–H and O–H groups in total. The molecule has 2 rings (SSSR count). The first-order chi connectivity index (χ1) is 9.98. The molecule has 0 spiro atoms. The zero-order valence-electron chi connectivity index (χ0n) is 13.8. The van der Waals surface area contributed by atoms with Crippen LogP contribution in [0.5, 0.6) is 0 Å². The molecule has 2 unspecified atom stereocenters. The highest BCUT2D eigenvalue weighted by molar-refractivity contribution is 5.79. The molecular formula is C16H31N3O2. The van der Waals surface area contributed by atoms with Gasteiger partial charge >= 0.3 is 5.97 Å². The molecule has 0 bridgehead atoms. The molecule has 0 aromatic heterocycles. The third-order valence-corrected chi connectivity index (χ3v) is 5.25. The van der Waals surface area contributed by atoms with Crippen LogP contribution >= 0.6 is 0 Å². The molecule has 0 radical (unpaired) electrons. The van der Waals surface area contributed by atoms with Crippen molar-refractivity contribution in [1.82, 2.24) is 15.1 Å². The van der Waals surface area contributed by atoms with Gasteiger partial charge in [0.1, 0.15) is 5.54 Å². The SMILES string of the molecule is CCNC1(C(=O)O)CCCC(N2CCN(C(C)C)CC2)C1. The molecule has 0 aromatic carbocycles. The van der Waals surface area contributed by atoms with Gasteiger partial charge in [-0.15, -0.1) is 0 Å². The van der Waals surface area contributed by atoms with Crippen LogP contribution in [0.15, 0.2) is 0 Å². The van der Waals surface area contributed by atoms with Crippen molar-refractivity contribution in [1.29, 1.82) is 0 Å². The van der Waals surface area contributed by atoms with Crippen LogP contribution in [0.4, 0.5) is 0 Å². The first kappa shape index (κ1) is 16.7. The summed E-state index contributed by atoms with van der Waals surface area (Å²) >= 11 is 0. The van der Waals surface area contributed by atoms with E-state index < -0.39 is 11.5 Å². The molecule has 2 aliphatic rings. The van der Waals surface area contributed by atoms with E-state index in [1.54, 1.807) is 0 Å². The second kappa shape index (κ2) is 7.07. The van der Waals surface area contributed by atoms with Gasteiger partial charge in [-0.05, 0) is 46.1 Å². The fraction of sp³-hybridized carbons (Fsp3) is 0.938. The number of piperazine rings is 1. The molecule has 1 saturated heterocycles. The number of carboxylic acid groups (broad SMARTS) is 1. The number of rotatable bonds is 5. The Morgan fingerprint density at radius 2 is 2.00 bits per heavy atom. The molecule has 2 fully saturated rings. The number of carbonyl (C=O) groups is 1. The Bertz CT molecular complexity index is 349. The van der Waals surface area contributed by atoms with Crippen molar-refractivity contribution >= 4 is 5.97 Å². The van der Waals surface area contributed by atoms with Gasteiger partial charge < -0.3 is 10.4 Å². The predicted octanol–water partition coefficient (Wildman–Crippen LogP) is 1.39. The highest BCUT2D eigenvalue weighted by Gasteiger charge is 2.44. The van der Waals surface area contributed by atoms with Gasteiger partial charge in [0.25, 0.3) is 0 Å². The summed E-state index contributed by atoms with van der Waals surface area (Å²) in [5.41, 5.74) is -0.702. The molecule has 0 amide bonds. The average Bonchev–Trinajstić information content (AvgIpc) is 2.48. The lowest BCUT2D eigenvalue weighted by atomic mass is 9.78. The van der Waals surface area contributed by atoms with Gasteiger partial charge in [-0.3, -0.25) is 14.6 Å². The van der Waals surface area contributed by atoms with Crippen LogP contribution in [-0.2, 0) is 4.79 Å². The van der Waals surface area contributed by atoms with Crippen molar-refractivity contribution < 1.29 is 9.90 Å². The van der Waals surface area contributed by atoms with Crippen molar-refractivity contribution in [3.63, 3.8) is 0 Å². The van der Waals surface area contributed by atoms with E-state index in [4.69, 9.17) is 0 Å². The van der Waals surface area contributed by atoms with Crippen LogP contribution in [0, 0.1) is 0 Å². The van der Waals surface area contributed by atoms with Crippen LogP contribution in [0.3, 0.4) is 0 Å². The van der Waals surface area contributed by atoms with Crippen molar-refractivity contribution in [2.45, 2.75) is 64.1 Å². The minimum absolute atomic E-state index is 0.420. The first-order valence-corrected chi connectivity index (χ1v) is 8.45. The Labute approximate surface area is 128 Å². The van der Waals surface area contributed by atoms with E-state index in [1.807, 2.05) is 6.92 Å². The molecule has 1 heterocycles. The third kappa shape index (κ3) is 3.76. The topological polar surface area (TPSA) is 55.8 Å². The zero-order chi connectivity index (χ0) is 15.5. The molecule has 1 aliphatic heterocycles. The van der Waals surface area contributed by atoms with Crippen LogP contribution in [-0.4, -0.2) is 71.2 Å². The van der Waals surface area contributed by atoms with E-state index in [9.17, 15) is 9.90 Å². The number of hydrogen-bond donors (Lipinski definition) is 2. The number of hydrogen-bond acceptors (Lipinski definition) is 4. The van der Waals surface area contributed by atoms with E-state index in [0.29, 0.717) is 12.1 Å². The lowest BCUT2D eigenvalue weighted by Crippen LogP contribution is -2.60. The maximum absolute atomic E-state index is 11.7. The molecule has 21 heavy (non-hydrogen) atoms. The predicted molar refractivity (Wildman–Crippen MR) is 84.6 cm³/mol. The number of nitrogens with one attached hydrogen (secondary N) is 1. The van der Waals surface area contributed by atoms with Gasteiger partial charge in [0.15, 0.2) is 0 Å². The Balaban J connectivity index is 1.96. The Morgan fingerprint density at radius 1 is 1.33 bits per heavy atom. The Kier molecular flexibility index (Phi) is 5.63. The maximum atomic E-state index is 11.7. The van der Waals surface area contributed by atoms with E-state index in [-0.39, 0.29) is 0 Å². The second-order valence-electron chi connectivity index (χ2n) is 6.83. The molecule has 2 atom stereocenters.